The zero-order valence-electron chi connectivity index (χ0n) is 9.51. The van der Waals surface area contributed by atoms with Crippen molar-refractivity contribution in [2.75, 3.05) is 20.8 Å². The molecule has 1 rings (SSSR count). The third kappa shape index (κ3) is 3.46. The molecule has 0 atom stereocenters. The van der Waals surface area contributed by atoms with Gasteiger partial charge in [0.25, 0.3) is 0 Å². The van der Waals surface area contributed by atoms with Crippen LogP contribution in [0.1, 0.15) is 0 Å². The quantitative estimate of drug-likeness (QED) is 0.539. The molecule has 5 heteroatoms. The van der Waals surface area contributed by atoms with Crippen molar-refractivity contribution in [2.24, 2.45) is 0 Å². The highest BCUT2D eigenvalue weighted by molar-refractivity contribution is 6.54. The van der Waals surface area contributed by atoms with E-state index in [2.05, 4.69) is 6.58 Å². The molecule has 0 saturated carbocycles. The number of rotatable bonds is 7. The molecule has 0 amide bonds. The van der Waals surface area contributed by atoms with Gasteiger partial charge in [-0.2, -0.15) is 0 Å². The normalized spacial score (nSPS) is 11.1. The first-order chi connectivity index (χ1) is 7.76. The standard InChI is InChI=1S/C11H16O4Si/c1-4-10-14-16(12-2,13-3)15-11-8-6-5-7-9-11/h4-9H,1,10H2,2-3H3. The summed E-state index contributed by atoms with van der Waals surface area (Å²) in [7, 11) is -0.0730. The van der Waals surface area contributed by atoms with E-state index in [0.29, 0.717) is 12.4 Å². The Bertz CT molecular complexity index is 311. The van der Waals surface area contributed by atoms with Crippen molar-refractivity contribution in [3.05, 3.63) is 43.0 Å². The summed E-state index contributed by atoms with van der Waals surface area (Å²) in [4.78, 5) is 0. The van der Waals surface area contributed by atoms with Crippen molar-refractivity contribution in [2.45, 2.75) is 0 Å². The molecule has 0 aliphatic heterocycles. The maximum atomic E-state index is 5.63. The second-order valence-corrected chi connectivity index (χ2v) is 5.23. The largest absolute Gasteiger partial charge is 0.749 e. The zero-order chi connectivity index (χ0) is 11.9. The van der Waals surface area contributed by atoms with Gasteiger partial charge in [-0.3, -0.25) is 0 Å². The summed E-state index contributed by atoms with van der Waals surface area (Å²) in [6, 6.07) is 9.27. The fourth-order valence-corrected chi connectivity index (χ4v) is 2.48. The van der Waals surface area contributed by atoms with Gasteiger partial charge < -0.3 is 17.7 Å². The van der Waals surface area contributed by atoms with Gasteiger partial charge in [0.1, 0.15) is 5.75 Å². The van der Waals surface area contributed by atoms with Gasteiger partial charge in [-0.25, -0.2) is 0 Å². The lowest BCUT2D eigenvalue weighted by Crippen LogP contribution is -2.50. The second-order valence-electron chi connectivity index (χ2n) is 2.92. The van der Waals surface area contributed by atoms with Crippen LogP contribution in [0.15, 0.2) is 43.0 Å². The molecule has 0 spiro atoms. The van der Waals surface area contributed by atoms with E-state index in [4.69, 9.17) is 17.7 Å². The molecular weight excluding hydrogens is 224 g/mol. The van der Waals surface area contributed by atoms with Gasteiger partial charge in [-0.15, -0.1) is 6.58 Å². The molecule has 0 saturated heterocycles. The highest BCUT2D eigenvalue weighted by Crippen LogP contribution is 2.17. The van der Waals surface area contributed by atoms with Crippen molar-refractivity contribution in [1.82, 2.24) is 0 Å². The molecule has 0 N–H and O–H groups in total. The maximum absolute atomic E-state index is 5.63. The predicted molar refractivity (Wildman–Crippen MR) is 63.0 cm³/mol. The zero-order valence-corrected chi connectivity index (χ0v) is 10.5. The number of benzene rings is 1. The van der Waals surface area contributed by atoms with Crippen molar-refractivity contribution >= 4 is 9.05 Å². The summed E-state index contributed by atoms with van der Waals surface area (Å²) in [5.41, 5.74) is 0. The lowest BCUT2D eigenvalue weighted by molar-refractivity contribution is 0.0405. The Kier molecular flexibility index (Phi) is 5.20. The van der Waals surface area contributed by atoms with Gasteiger partial charge in [0.15, 0.2) is 0 Å². The average molecular weight is 240 g/mol. The van der Waals surface area contributed by atoms with Crippen molar-refractivity contribution < 1.29 is 17.7 Å². The van der Waals surface area contributed by atoms with Crippen LogP contribution in [0, 0.1) is 0 Å². The van der Waals surface area contributed by atoms with E-state index in [9.17, 15) is 0 Å². The van der Waals surface area contributed by atoms with Gasteiger partial charge in [-0.05, 0) is 12.1 Å². The average Bonchev–Trinajstić information content (AvgIpc) is 2.36. The molecule has 88 valence electrons. The molecule has 0 bridgehead atoms. The van der Waals surface area contributed by atoms with Crippen LogP contribution >= 0.6 is 0 Å². The van der Waals surface area contributed by atoms with Crippen LogP contribution < -0.4 is 4.43 Å². The van der Waals surface area contributed by atoms with Gasteiger partial charge in [0.05, 0.1) is 6.61 Å². The van der Waals surface area contributed by atoms with Crippen molar-refractivity contribution in [3.8, 4) is 5.75 Å². The smallest absolute Gasteiger partial charge is 0.480 e. The Balaban J connectivity index is 2.73. The summed E-state index contributed by atoms with van der Waals surface area (Å²) in [6.07, 6.45) is 1.62. The first kappa shape index (κ1) is 12.9. The third-order valence-corrected chi connectivity index (χ3v) is 3.87. The van der Waals surface area contributed by atoms with Gasteiger partial charge >= 0.3 is 9.05 Å². The van der Waals surface area contributed by atoms with Crippen LogP contribution in [0.2, 0.25) is 0 Å². The number of hydrogen-bond acceptors (Lipinski definition) is 4. The highest BCUT2D eigenvalue weighted by Gasteiger charge is 2.46. The van der Waals surface area contributed by atoms with E-state index in [1.54, 1.807) is 6.08 Å². The summed E-state index contributed by atoms with van der Waals surface area (Å²) in [5.74, 6) is 0.655. The van der Waals surface area contributed by atoms with Gasteiger partial charge in [0.2, 0.25) is 0 Å². The molecule has 1 aromatic rings. The van der Waals surface area contributed by atoms with E-state index in [-0.39, 0.29) is 0 Å². The topological polar surface area (TPSA) is 36.9 Å². The van der Waals surface area contributed by atoms with Crippen LogP contribution in [-0.2, 0) is 13.3 Å². The molecule has 0 aliphatic carbocycles. The molecule has 0 radical (unpaired) electrons. The Morgan fingerprint density at radius 2 is 1.81 bits per heavy atom. The maximum Gasteiger partial charge on any atom is 0.749 e. The Morgan fingerprint density at radius 3 is 2.31 bits per heavy atom. The summed E-state index contributed by atoms with van der Waals surface area (Å²) >= 11 is 0. The minimum absolute atomic E-state index is 0.320. The lowest BCUT2D eigenvalue weighted by atomic mass is 10.3. The second kappa shape index (κ2) is 6.44. The molecule has 0 aliphatic rings. The van der Waals surface area contributed by atoms with Gasteiger partial charge in [0, 0.05) is 14.2 Å². The Hall–Kier alpha value is -1.14. The van der Waals surface area contributed by atoms with Crippen molar-refractivity contribution in [3.63, 3.8) is 0 Å². The van der Waals surface area contributed by atoms with E-state index in [0.717, 1.165) is 0 Å². The molecule has 4 nitrogen and oxygen atoms in total. The SMILES string of the molecule is C=CCO[Si](OC)(OC)Oc1ccccc1. The monoisotopic (exact) mass is 240 g/mol. The molecule has 0 aromatic heterocycles. The van der Waals surface area contributed by atoms with E-state index in [1.807, 2.05) is 30.3 Å². The molecular formula is C11H16O4Si. The number of para-hydroxylation sites is 1. The number of hydrogen-bond donors (Lipinski definition) is 0. The fraction of sp³-hybridized carbons (Fsp3) is 0.273. The van der Waals surface area contributed by atoms with Crippen LogP contribution in [-0.4, -0.2) is 29.9 Å². The first-order valence-corrected chi connectivity index (χ1v) is 6.49. The first-order valence-electron chi connectivity index (χ1n) is 4.85. The van der Waals surface area contributed by atoms with Crippen LogP contribution in [0.25, 0.3) is 0 Å². The minimum atomic E-state index is -3.08. The Labute approximate surface area is 96.9 Å². The molecule has 0 heterocycles. The predicted octanol–water partition coefficient (Wildman–Crippen LogP) is 2.00. The summed E-state index contributed by atoms with van der Waals surface area (Å²) in [5, 5.41) is 0. The molecule has 0 unspecified atom stereocenters. The lowest BCUT2D eigenvalue weighted by Gasteiger charge is -2.24. The van der Waals surface area contributed by atoms with Crippen molar-refractivity contribution in [1.29, 1.82) is 0 Å². The van der Waals surface area contributed by atoms with Crippen LogP contribution in [0.3, 0.4) is 0 Å². The molecule has 1 aromatic carbocycles. The Morgan fingerprint density at radius 1 is 1.19 bits per heavy atom. The van der Waals surface area contributed by atoms with Crippen LogP contribution in [0.5, 0.6) is 5.75 Å². The minimum Gasteiger partial charge on any atom is -0.480 e. The summed E-state index contributed by atoms with van der Waals surface area (Å²) < 4.78 is 21.5. The fourth-order valence-electron chi connectivity index (χ4n) is 1.11. The van der Waals surface area contributed by atoms with Crippen LogP contribution in [0.4, 0.5) is 0 Å². The highest BCUT2D eigenvalue weighted by atomic mass is 28.4. The van der Waals surface area contributed by atoms with E-state index < -0.39 is 9.05 Å². The van der Waals surface area contributed by atoms with E-state index >= 15 is 0 Å². The van der Waals surface area contributed by atoms with Gasteiger partial charge in [-0.1, -0.05) is 24.3 Å². The van der Waals surface area contributed by atoms with E-state index in [1.165, 1.54) is 14.2 Å². The molecule has 16 heavy (non-hydrogen) atoms. The summed E-state index contributed by atoms with van der Waals surface area (Å²) in [6.45, 7) is 3.89. The third-order valence-electron chi connectivity index (χ3n) is 1.86. The molecule has 0 fully saturated rings.